The second-order valence-corrected chi connectivity index (χ2v) is 17.8. The molecule has 0 radical (unpaired) electrons. The largest absolute Gasteiger partial charge is 0.444 e. The summed E-state index contributed by atoms with van der Waals surface area (Å²) in [6.45, 7) is 12.2. The van der Waals surface area contributed by atoms with Crippen molar-refractivity contribution >= 4 is 51.3 Å². The summed E-state index contributed by atoms with van der Waals surface area (Å²) in [5.74, 6) is 7.37. The normalized spacial score (nSPS) is 30.1. The van der Waals surface area contributed by atoms with Gasteiger partial charge in [-0.2, -0.15) is 0 Å². The number of ether oxygens (including phenoxy) is 4. The predicted octanol–water partition coefficient (Wildman–Crippen LogP) is 7.83. The fraction of sp³-hybridized carbons (Fsp3) is 0.805. The molecule has 6 aliphatic heterocycles. The minimum atomic E-state index is -0.438. The minimum Gasteiger partial charge on any atom is -0.444 e. The van der Waals surface area contributed by atoms with Gasteiger partial charge in [0, 0.05) is 36.3 Å². The van der Waals surface area contributed by atoms with Gasteiger partial charge in [0.2, 0.25) is 0 Å². The number of alkyl halides is 3. The Labute approximate surface area is 343 Å². The molecular weight excluding hydrogens is 797 g/mol. The van der Waals surface area contributed by atoms with E-state index in [0.29, 0.717) is 49.6 Å². The third kappa shape index (κ3) is 17.1. The van der Waals surface area contributed by atoms with E-state index < -0.39 is 11.2 Å². The number of rotatable bonds is 4. The Morgan fingerprint density at radius 3 is 1.33 bits per heavy atom. The van der Waals surface area contributed by atoms with Crippen molar-refractivity contribution in [2.45, 2.75) is 184 Å². The van der Waals surface area contributed by atoms with Crippen molar-refractivity contribution in [1.82, 2.24) is 15.1 Å². The Hall–Kier alpha value is -1.88. The van der Waals surface area contributed by atoms with Gasteiger partial charge in [-0.1, -0.05) is 33.7 Å². The van der Waals surface area contributed by atoms with Gasteiger partial charge in [0.25, 0.3) is 0 Å². The molecule has 306 valence electrons. The molecule has 6 rings (SSSR count). The Kier molecular flexibility index (Phi) is 21.5. The van der Waals surface area contributed by atoms with E-state index in [4.69, 9.17) is 61.4 Å². The van der Waals surface area contributed by atoms with Crippen molar-refractivity contribution in [3.63, 3.8) is 0 Å². The number of carbonyl (C=O) groups is 2. The Morgan fingerprint density at radius 2 is 1.02 bits per heavy atom. The number of aliphatic hydroxyl groups is 1. The van der Waals surface area contributed by atoms with E-state index in [1.165, 1.54) is 12.8 Å². The lowest BCUT2D eigenvalue weighted by molar-refractivity contribution is -0.0272. The third-order valence-corrected chi connectivity index (χ3v) is 10.2. The maximum Gasteiger partial charge on any atom is 0.410 e. The van der Waals surface area contributed by atoms with Gasteiger partial charge < -0.3 is 39.2 Å². The number of hydrogen-bond acceptors (Lipinski definition) is 8. The van der Waals surface area contributed by atoms with Crippen LogP contribution in [0.5, 0.6) is 0 Å². The number of hydrogen-bond donors (Lipinski definition) is 2. The van der Waals surface area contributed by atoms with E-state index in [0.717, 1.165) is 51.4 Å². The second kappa shape index (κ2) is 24.0. The van der Waals surface area contributed by atoms with E-state index in [9.17, 15) is 14.7 Å². The first-order valence-corrected chi connectivity index (χ1v) is 21.4. The van der Waals surface area contributed by atoms with Crippen molar-refractivity contribution in [3.05, 3.63) is 0 Å². The van der Waals surface area contributed by atoms with Gasteiger partial charge in [-0.15, -0.1) is 42.5 Å². The standard InChI is InChI=1S/C15H23NO3.C12H21NO3.C10H15NO.C3H3Br.CH2Cl2/c1-5-8-18-13-9-11-6-7-12(10-13)16(11)14(17)19-15(2,3)4;1-12(2,3)16-11(15)13-8-4-5-9(13)7-10(14)6-8;1-2-5-12-10-6-8-3-4-9(7-10)11-8;1-2-3-4;2-1-3/h1,11-13H,6-10H2,2-4H3;8-10,14H,4-7H2,1-3H3;1,8-11H,3-7H2;1H,3H2;1H2/t11-,12+,13?;2*8-,9+,10?;;. The van der Waals surface area contributed by atoms with Crippen LogP contribution in [0.4, 0.5) is 9.59 Å². The predicted molar refractivity (Wildman–Crippen MR) is 220 cm³/mol. The van der Waals surface area contributed by atoms with Gasteiger partial charge in [0.1, 0.15) is 24.4 Å². The van der Waals surface area contributed by atoms with Gasteiger partial charge >= 0.3 is 12.2 Å². The van der Waals surface area contributed by atoms with Crippen LogP contribution in [0.25, 0.3) is 0 Å². The van der Waals surface area contributed by atoms with Crippen molar-refractivity contribution in [2.24, 2.45) is 0 Å². The summed E-state index contributed by atoms with van der Waals surface area (Å²) in [5, 5.41) is 14.1. The summed E-state index contributed by atoms with van der Waals surface area (Å²) in [6, 6.07) is 2.26. The molecule has 6 saturated heterocycles. The van der Waals surface area contributed by atoms with Crippen LogP contribution >= 0.6 is 39.1 Å². The highest BCUT2D eigenvalue weighted by atomic mass is 79.9. The number of nitrogens with one attached hydrogen (secondary N) is 1. The van der Waals surface area contributed by atoms with Crippen molar-refractivity contribution < 1.29 is 33.6 Å². The summed E-state index contributed by atoms with van der Waals surface area (Å²) >= 11 is 12.5. The number of carbonyl (C=O) groups excluding carboxylic acids is 2. The summed E-state index contributed by atoms with van der Waals surface area (Å²) in [5.41, 5.74) is -0.875. The molecule has 3 unspecified atom stereocenters. The fourth-order valence-electron chi connectivity index (χ4n) is 8.11. The van der Waals surface area contributed by atoms with Gasteiger partial charge in [-0.05, 0) is 119 Å². The van der Waals surface area contributed by atoms with Crippen LogP contribution in [0, 0.1) is 37.0 Å². The Bertz CT molecular complexity index is 1230. The molecule has 54 heavy (non-hydrogen) atoms. The first-order chi connectivity index (χ1) is 25.5. The molecule has 0 aliphatic carbocycles. The number of amides is 2. The van der Waals surface area contributed by atoms with Gasteiger partial charge in [-0.3, -0.25) is 0 Å². The number of fused-ring (bicyclic) bond motifs is 6. The molecule has 13 heteroatoms. The topological polar surface area (TPSA) is 110 Å². The molecule has 2 amide bonds. The second-order valence-electron chi connectivity index (χ2n) is 16.5. The average molecular weight is 862 g/mol. The molecule has 9 atom stereocenters. The van der Waals surface area contributed by atoms with E-state index >= 15 is 0 Å². The first kappa shape index (κ1) is 48.3. The van der Waals surface area contributed by atoms with Gasteiger partial charge in [0.15, 0.2) is 0 Å². The number of halogens is 3. The van der Waals surface area contributed by atoms with Crippen molar-refractivity contribution in [1.29, 1.82) is 0 Å². The maximum atomic E-state index is 12.2. The van der Waals surface area contributed by atoms with E-state index in [2.05, 4.69) is 39.0 Å². The zero-order valence-electron chi connectivity index (χ0n) is 33.2. The minimum absolute atomic E-state index is 0.184. The molecule has 0 aromatic rings. The summed E-state index contributed by atoms with van der Waals surface area (Å²) in [6.07, 6.45) is 27.2. The summed E-state index contributed by atoms with van der Waals surface area (Å²) < 4.78 is 22.1. The lowest BCUT2D eigenvalue weighted by Gasteiger charge is -2.39. The zero-order chi connectivity index (χ0) is 40.5. The Morgan fingerprint density at radius 1 is 0.685 bits per heavy atom. The highest BCUT2D eigenvalue weighted by Crippen LogP contribution is 2.38. The van der Waals surface area contributed by atoms with Crippen LogP contribution < -0.4 is 5.32 Å². The molecule has 0 spiro atoms. The molecule has 10 nitrogen and oxygen atoms in total. The highest BCUT2D eigenvalue weighted by molar-refractivity contribution is 9.09. The lowest BCUT2D eigenvalue weighted by Crippen LogP contribution is -2.50. The van der Waals surface area contributed by atoms with E-state index in [1.54, 1.807) is 0 Å². The number of nitrogens with zero attached hydrogens (tertiary/aromatic N) is 2. The molecule has 6 aliphatic rings. The van der Waals surface area contributed by atoms with E-state index in [-0.39, 0.29) is 53.9 Å². The average Bonchev–Trinajstić information content (AvgIpc) is 3.68. The highest BCUT2D eigenvalue weighted by Gasteiger charge is 2.46. The van der Waals surface area contributed by atoms with Crippen LogP contribution in [-0.4, -0.2) is 117 Å². The quantitative estimate of drug-likeness (QED) is 0.218. The summed E-state index contributed by atoms with van der Waals surface area (Å²) in [4.78, 5) is 28.0. The monoisotopic (exact) mass is 859 g/mol. The molecule has 6 heterocycles. The molecule has 0 aromatic carbocycles. The van der Waals surface area contributed by atoms with Crippen LogP contribution in [0.1, 0.15) is 119 Å². The first-order valence-electron chi connectivity index (χ1n) is 19.2. The molecular formula is C41H64BrCl2N3O7. The lowest BCUT2D eigenvalue weighted by atomic mass is 10.0. The number of aliphatic hydroxyl groups excluding tert-OH is 1. The fourth-order valence-corrected chi connectivity index (χ4v) is 8.11. The summed E-state index contributed by atoms with van der Waals surface area (Å²) in [7, 11) is 0. The zero-order valence-corrected chi connectivity index (χ0v) is 36.3. The van der Waals surface area contributed by atoms with Crippen LogP contribution in [0.3, 0.4) is 0 Å². The third-order valence-electron chi connectivity index (χ3n) is 9.92. The molecule has 2 N–H and O–H groups in total. The number of piperidine rings is 3. The molecule has 0 aromatic heterocycles. The molecule has 6 bridgehead atoms. The van der Waals surface area contributed by atoms with Crippen molar-refractivity contribution in [3.8, 4) is 37.0 Å². The van der Waals surface area contributed by atoms with Crippen LogP contribution in [0.15, 0.2) is 0 Å². The van der Waals surface area contributed by atoms with Gasteiger partial charge in [0.05, 0.1) is 29.0 Å². The van der Waals surface area contributed by atoms with Gasteiger partial charge in [-0.25, -0.2) is 9.59 Å². The molecule has 0 saturated carbocycles. The SMILES string of the molecule is C#CCBr.C#CCOC1C[C@H]2CC[C@@H](C1)N2.C#CCOC1C[C@H]2CC[C@@H](C1)N2C(=O)OC(C)(C)C.CC(C)(C)OC(=O)N1[C@@H]2CC[C@H]1CC(O)C2.ClCCl. The Balaban J connectivity index is 0.000000262. The van der Waals surface area contributed by atoms with Crippen molar-refractivity contribution in [2.75, 3.05) is 23.9 Å². The van der Waals surface area contributed by atoms with E-state index in [1.807, 2.05) is 51.3 Å². The smallest absolute Gasteiger partial charge is 0.410 e. The van der Waals surface area contributed by atoms with Crippen LogP contribution in [-0.2, 0) is 18.9 Å². The molecule has 6 fully saturated rings. The maximum absolute atomic E-state index is 12.2. The number of terminal acetylenes is 3. The van der Waals surface area contributed by atoms with Crippen LogP contribution in [0.2, 0.25) is 0 Å².